The third kappa shape index (κ3) is 2.51. The fourth-order valence-electron chi connectivity index (χ4n) is 1.42. The Kier molecular flexibility index (Phi) is 3.61. The van der Waals surface area contributed by atoms with Crippen molar-refractivity contribution in [1.29, 1.82) is 0 Å². The zero-order valence-electron chi connectivity index (χ0n) is 9.82. The van der Waals surface area contributed by atoms with E-state index < -0.39 is 0 Å². The first-order valence-corrected chi connectivity index (χ1v) is 5.94. The summed E-state index contributed by atoms with van der Waals surface area (Å²) in [7, 11) is 1.45. The number of benzene rings is 1. The van der Waals surface area contributed by atoms with Gasteiger partial charge in [0.2, 0.25) is 5.95 Å². The highest BCUT2D eigenvalue weighted by molar-refractivity contribution is 9.10. The third-order valence-corrected chi connectivity index (χ3v) is 3.25. The van der Waals surface area contributed by atoms with Crippen LogP contribution in [0.4, 0.5) is 5.95 Å². The molecule has 2 N–H and O–H groups in total. The van der Waals surface area contributed by atoms with Crippen molar-refractivity contribution in [3.8, 4) is 6.01 Å². The number of amides is 1. The number of H-pyrrole nitrogens is 1. The normalized spacial score (nSPS) is 10.2. The van der Waals surface area contributed by atoms with E-state index in [-0.39, 0.29) is 17.9 Å². The second-order valence-corrected chi connectivity index (χ2v) is 4.39. The van der Waals surface area contributed by atoms with Gasteiger partial charge in [0.1, 0.15) is 0 Å². The zero-order chi connectivity index (χ0) is 13.1. The highest BCUT2D eigenvalue weighted by atomic mass is 79.9. The summed E-state index contributed by atoms with van der Waals surface area (Å²) >= 11 is 3.38. The quantitative estimate of drug-likeness (QED) is 0.910. The molecule has 0 saturated carbocycles. The van der Waals surface area contributed by atoms with Crippen LogP contribution in [0, 0.1) is 6.92 Å². The molecule has 94 valence electrons. The Bertz CT molecular complexity index is 582. The molecule has 1 heterocycles. The molecule has 1 aromatic carbocycles. The van der Waals surface area contributed by atoms with E-state index in [0.717, 1.165) is 10.0 Å². The first-order valence-electron chi connectivity index (χ1n) is 5.14. The van der Waals surface area contributed by atoms with Crippen LogP contribution in [0.25, 0.3) is 0 Å². The van der Waals surface area contributed by atoms with Crippen LogP contribution in [-0.2, 0) is 0 Å². The minimum absolute atomic E-state index is 0.177. The maximum Gasteiger partial charge on any atom is 0.336 e. The van der Waals surface area contributed by atoms with Gasteiger partial charge >= 0.3 is 6.01 Å². The van der Waals surface area contributed by atoms with Gasteiger partial charge in [0.15, 0.2) is 0 Å². The molecule has 2 aromatic rings. The fraction of sp³-hybridized carbons (Fsp3) is 0.182. The monoisotopic (exact) mass is 310 g/mol. The summed E-state index contributed by atoms with van der Waals surface area (Å²) in [4.78, 5) is 15.9. The number of hydrogen-bond donors (Lipinski definition) is 2. The first-order chi connectivity index (χ1) is 8.61. The lowest BCUT2D eigenvalue weighted by Gasteiger charge is -2.06. The number of carbonyl (C=O) groups excluding carboxylic acids is 1. The van der Waals surface area contributed by atoms with Crippen LogP contribution in [0.1, 0.15) is 15.9 Å². The van der Waals surface area contributed by atoms with Crippen LogP contribution in [0.3, 0.4) is 0 Å². The number of halogens is 1. The van der Waals surface area contributed by atoms with Crippen LogP contribution in [0.5, 0.6) is 6.01 Å². The van der Waals surface area contributed by atoms with Crippen molar-refractivity contribution in [3.63, 3.8) is 0 Å². The Balaban J connectivity index is 2.19. The fourth-order valence-corrected chi connectivity index (χ4v) is 1.79. The molecular formula is C11H11BrN4O2. The van der Waals surface area contributed by atoms with E-state index in [1.54, 1.807) is 12.1 Å². The Morgan fingerprint density at radius 2 is 2.28 bits per heavy atom. The maximum absolute atomic E-state index is 12.0. The SMILES string of the molecule is COc1n[nH]c(NC(=O)c2cccc(Br)c2C)n1. The number of aromatic nitrogens is 3. The van der Waals surface area contributed by atoms with Gasteiger partial charge in [-0.2, -0.15) is 4.98 Å². The Morgan fingerprint density at radius 3 is 2.94 bits per heavy atom. The molecule has 7 heteroatoms. The van der Waals surface area contributed by atoms with E-state index in [4.69, 9.17) is 4.74 Å². The van der Waals surface area contributed by atoms with E-state index >= 15 is 0 Å². The van der Waals surface area contributed by atoms with E-state index in [1.165, 1.54) is 7.11 Å². The number of methoxy groups -OCH3 is 1. The molecule has 0 aliphatic heterocycles. The number of nitrogens with zero attached hydrogens (tertiary/aromatic N) is 2. The highest BCUT2D eigenvalue weighted by Crippen LogP contribution is 2.20. The smallest absolute Gasteiger partial charge is 0.336 e. The number of nitrogens with one attached hydrogen (secondary N) is 2. The molecule has 0 bridgehead atoms. The maximum atomic E-state index is 12.0. The Hall–Kier alpha value is -1.89. The lowest BCUT2D eigenvalue weighted by Crippen LogP contribution is -2.14. The van der Waals surface area contributed by atoms with Crippen molar-refractivity contribution in [2.45, 2.75) is 6.92 Å². The van der Waals surface area contributed by atoms with Gasteiger partial charge in [-0.05, 0) is 24.6 Å². The van der Waals surface area contributed by atoms with Gasteiger partial charge in [-0.25, -0.2) is 5.10 Å². The minimum atomic E-state index is -0.257. The molecule has 1 aromatic heterocycles. The predicted octanol–water partition coefficient (Wildman–Crippen LogP) is 2.14. The Morgan fingerprint density at radius 1 is 1.50 bits per heavy atom. The summed E-state index contributed by atoms with van der Waals surface area (Å²) in [6.45, 7) is 1.86. The molecule has 0 atom stereocenters. The average molecular weight is 311 g/mol. The van der Waals surface area contributed by atoms with Crippen molar-refractivity contribution in [2.24, 2.45) is 0 Å². The topological polar surface area (TPSA) is 79.9 Å². The molecule has 0 aliphatic rings. The molecular weight excluding hydrogens is 300 g/mol. The van der Waals surface area contributed by atoms with Crippen molar-refractivity contribution in [2.75, 3.05) is 12.4 Å². The summed E-state index contributed by atoms with van der Waals surface area (Å²) in [5, 5.41) is 8.91. The molecule has 2 rings (SSSR count). The molecule has 0 fully saturated rings. The third-order valence-electron chi connectivity index (χ3n) is 2.39. The van der Waals surface area contributed by atoms with Crippen molar-refractivity contribution in [1.82, 2.24) is 15.2 Å². The zero-order valence-corrected chi connectivity index (χ0v) is 11.4. The van der Waals surface area contributed by atoms with Crippen molar-refractivity contribution in [3.05, 3.63) is 33.8 Å². The number of rotatable bonds is 3. The lowest BCUT2D eigenvalue weighted by atomic mass is 10.1. The Labute approximate surface area is 112 Å². The lowest BCUT2D eigenvalue weighted by molar-refractivity contribution is 0.102. The molecule has 0 saturated heterocycles. The number of ether oxygens (including phenoxy) is 1. The van der Waals surface area contributed by atoms with Crippen LogP contribution in [0.2, 0.25) is 0 Å². The number of carbonyl (C=O) groups is 1. The van der Waals surface area contributed by atoms with Crippen LogP contribution in [-0.4, -0.2) is 28.2 Å². The van der Waals surface area contributed by atoms with E-state index in [0.29, 0.717) is 5.56 Å². The van der Waals surface area contributed by atoms with Crippen LogP contribution in [0.15, 0.2) is 22.7 Å². The first kappa shape index (κ1) is 12.6. The second kappa shape index (κ2) is 5.18. The van der Waals surface area contributed by atoms with Gasteiger partial charge < -0.3 is 4.74 Å². The average Bonchev–Trinajstić information content (AvgIpc) is 2.80. The number of hydrogen-bond acceptors (Lipinski definition) is 4. The summed E-state index contributed by atoms with van der Waals surface area (Å²) in [6, 6.07) is 5.59. The van der Waals surface area contributed by atoms with E-state index in [9.17, 15) is 4.79 Å². The molecule has 0 aliphatic carbocycles. The molecule has 18 heavy (non-hydrogen) atoms. The van der Waals surface area contributed by atoms with E-state index in [1.807, 2.05) is 13.0 Å². The number of anilines is 1. The van der Waals surface area contributed by atoms with Gasteiger partial charge in [-0.15, -0.1) is 5.10 Å². The molecule has 0 unspecified atom stereocenters. The largest absolute Gasteiger partial charge is 0.466 e. The standard InChI is InChI=1S/C11H11BrN4O2/c1-6-7(4-3-5-8(6)12)9(17)13-10-14-11(18-2)16-15-10/h3-5H,1-2H3,(H2,13,14,15,16,17). The molecule has 6 nitrogen and oxygen atoms in total. The summed E-state index contributed by atoms with van der Waals surface area (Å²) in [5.74, 6) is -0.0103. The van der Waals surface area contributed by atoms with Crippen LogP contribution < -0.4 is 10.1 Å². The minimum Gasteiger partial charge on any atom is -0.466 e. The second-order valence-electron chi connectivity index (χ2n) is 3.54. The van der Waals surface area contributed by atoms with Gasteiger partial charge in [-0.3, -0.25) is 10.1 Å². The predicted molar refractivity (Wildman–Crippen MR) is 69.8 cm³/mol. The summed E-state index contributed by atoms with van der Waals surface area (Å²) in [6.07, 6.45) is 0. The molecule has 0 radical (unpaired) electrons. The van der Waals surface area contributed by atoms with Gasteiger partial charge in [0.25, 0.3) is 5.91 Å². The van der Waals surface area contributed by atoms with Gasteiger partial charge in [-0.1, -0.05) is 22.0 Å². The van der Waals surface area contributed by atoms with E-state index in [2.05, 4.69) is 36.4 Å². The van der Waals surface area contributed by atoms with Crippen molar-refractivity contribution >= 4 is 27.8 Å². The van der Waals surface area contributed by atoms with Crippen LogP contribution >= 0.6 is 15.9 Å². The summed E-state index contributed by atoms with van der Waals surface area (Å²) in [5.41, 5.74) is 1.43. The molecule has 1 amide bonds. The number of aromatic amines is 1. The van der Waals surface area contributed by atoms with Crippen molar-refractivity contribution < 1.29 is 9.53 Å². The molecule has 0 spiro atoms. The van der Waals surface area contributed by atoms with Gasteiger partial charge in [0.05, 0.1) is 7.11 Å². The highest BCUT2D eigenvalue weighted by Gasteiger charge is 2.13. The summed E-state index contributed by atoms with van der Waals surface area (Å²) < 4.78 is 5.69. The van der Waals surface area contributed by atoms with Gasteiger partial charge in [0, 0.05) is 10.0 Å².